The van der Waals surface area contributed by atoms with Crippen molar-refractivity contribution in [2.75, 3.05) is 0 Å². The van der Waals surface area contributed by atoms with E-state index in [2.05, 4.69) is 19.2 Å². The molecule has 0 saturated heterocycles. The van der Waals surface area contributed by atoms with Gasteiger partial charge in [-0.25, -0.2) is 4.98 Å². The Morgan fingerprint density at radius 3 is 2.92 bits per heavy atom. The fourth-order valence-electron chi connectivity index (χ4n) is 1.59. The molecule has 1 aliphatic rings. The van der Waals surface area contributed by atoms with Crippen LogP contribution in [0.2, 0.25) is 0 Å². The van der Waals surface area contributed by atoms with Crippen LogP contribution >= 0.6 is 11.3 Å². The second kappa shape index (κ2) is 3.79. The summed E-state index contributed by atoms with van der Waals surface area (Å²) in [5.41, 5.74) is 1.37. The van der Waals surface area contributed by atoms with Gasteiger partial charge in [0, 0.05) is 17.2 Å². The van der Waals surface area contributed by atoms with Gasteiger partial charge in [-0.2, -0.15) is 0 Å². The third-order valence-electron chi connectivity index (χ3n) is 3.10. The first-order valence-electron chi connectivity index (χ1n) is 5.26. The molecule has 1 nitrogen and oxygen atoms in total. The highest BCUT2D eigenvalue weighted by Crippen LogP contribution is 2.37. The van der Waals surface area contributed by atoms with Crippen LogP contribution in [-0.2, 0) is 0 Å². The van der Waals surface area contributed by atoms with Gasteiger partial charge in [0.1, 0.15) is 0 Å². The van der Waals surface area contributed by atoms with E-state index in [1.807, 2.05) is 11.3 Å². The first-order chi connectivity index (χ1) is 6.31. The van der Waals surface area contributed by atoms with Crippen LogP contribution in [0.3, 0.4) is 0 Å². The average Bonchev–Trinajstić information content (AvgIpc) is 2.49. The third-order valence-corrected chi connectivity index (χ3v) is 4.19. The number of hydrogen-bond acceptors (Lipinski definition) is 2. The largest absolute Gasteiger partial charge is 0.246 e. The molecule has 0 aromatic carbocycles. The van der Waals surface area contributed by atoms with Crippen LogP contribution < -0.4 is 0 Å². The predicted octanol–water partition coefficient (Wildman–Crippen LogP) is 3.92. The van der Waals surface area contributed by atoms with E-state index in [1.54, 1.807) is 0 Å². The van der Waals surface area contributed by atoms with E-state index in [-0.39, 0.29) is 0 Å². The van der Waals surface area contributed by atoms with Gasteiger partial charge in [-0.05, 0) is 19.3 Å². The summed E-state index contributed by atoms with van der Waals surface area (Å²) in [6, 6.07) is 0. The molecule has 1 atom stereocenters. The lowest BCUT2D eigenvalue weighted by atomic mass is 9.83. The molecule has 1 fully saturated rings. The SMILES string of the molecule is CCC(C)c1nc(C2CCC2)cs1. The van der Waals surface area contributed by atoms with Crippen LogP contribution in [0.15, 0.2) is 5.38 Å². The Bertz CT molecular complexity index is 256. The summed E-state index contributed by atoms with van der Waals surface area (Å²) in [4.78, 5) is 4.72. The second-order valence-corrected chi connectivity index (χ2v) is 4.94. The van der Waals surface area contributed by atoms with Gasteiger partial charge in [0.2, 0.25) is 0 Å². The van der Waals surface area contributed by atoms with E-state index in [0.717, 1.165) is 5.92 Å². The van der Waals surface area contributed by atoms with Gasteiger partial charge in [-0.15, -0.1) is 11.3 Å². The molecule has 0 aliphatic heterocycles. The Labute approximate surface area is 84.2 Å². The third kappa shape index (κ3) is 1.78. The molecule has 1 heterocycles. The van der Waals surface area contributed by atoms with Crippen molar-refractivity contribution in [1.82, 2.24) is 4.98 Å². The molecule has 2 heteroatoms. The first-order valence-corrected chi connectivity index (χ1v) is 6.14. The van der Waals surface area contributed by atoms with E-state index in [9.17, 15) is 0 Å². The molecule has 1 aromatic rings. The zero-order valence-corrected chi connectivity index (χ0v) is 9.23. The normalized spacial score (nSPS) is 19.8. The van der Waals surface area contributed by atoms with Gasteiger partial charge in [0.25, 0.3) is 0 Å². The van der Waals surface area contributed by atoms with Crippen molar-refractivity contribution in [2.45, 2.75) is 51.4 Å². The molecule has 1 aliphatic carbocycles. The van der Waals surface area contributed by atoms with Crippen molar-refractivity contribution in [2.24, 2.45) is 0 Å². The Kier molecular flexibility index (Phi) is 2.68. The fourth-order valence-corrected chi connectivity index (χ4v) is 2.64. The van der Waals surface area contributed by atoms with Gasteiger partial charge in [0.05, 0.1) is 10.7 Å². The minimum Gasteiger partial charge on any atom is -0.246 e. The van der Waals surface area contributed by atoms with Gasteiger partial charge < -0.3 is 0 Å². The summed E-state index contributed by atoms with van der Waals surface area (Å²) in [5, 5.41) is 3.61. The van der Waals surface area contributed by atoms with Crippen LogP contribution in [0.5, 0.6) is 0 Å². The zero-order valence-electron chi connectivity index (χ0n) is 8.42. The highest BCUT2D eigenvalue weighted by atomic mass is 32.1. The molecule has 1 saturated carbocycles. The predicted molar refractivity (Wildman–Crippen MR) is 57.4 cm³/mol. The minimum absolute atomic E-state index is 0.652. The molecule has 13 heavy (non-hydrogen) atoms. The van der Waals surface area contributed by atoms with Crippen LogP contribution in [0.4, 0.5) is 0 Å². The lowest BCUT2D eigenvalue weighted by Crippen LogP contribution is -2.09. The van der Waals surface area contributed by atoms with E-state index in [0.29, 0.717) is 5.92 Å². The lowest BCUT2D eigenvalue weighted by molar-refractivity contribution is 0.411. The summed E-state index contributed by atoms with van der Waals surface area (Å²) < 4.78 is 0. The monoisotopic (exact) mass is 195 g/mol. The van der Waals surface area contributed by atoms with E-state index >= 15 is 0 Å². The van der Waals surface area contributed by atoms with Gasteiger partial charge in [-0.3, -0.25) is 0 Å². The Balaban J connectivity index is 2.08. The van der Waals surface area contributed by atoms with Gasteiger partial charge >= 0.3 is 0 Å². The maximum absolute atomic E-state index is 4.72. The number of rotatable bonds is 3. The van der Waals surface area contributed by atoms with Gasteiger partial charge in [-0.1, -0.05) is 20.3 Å². The Hall–Kier alpha value is -0.370. The summed E-state index contributed by atoms with van der Waals surface area (Å²) in [5.74, 6) is 1.45. The topological polar surface area (TPSA) is 12.9 Å². The maximum Gasteiger partial charge on any atom is 0.0956 e. The van der Waals surface area contributed by atoms with E-state index in [4.69, 9.17) is 4.98 Å². The fraction of sp³-hybridized carbons (Fsp3) is 0.727. The van der Waals surface area contributed by atoms with E-state index in [1.165, 1.54) is 36.4 Å². The molecule has 72 valence electrons. The Morgan fingerprint density at radius 2 is 2.38 bits per heavy atom. The molecule has 2 rings (SSSR count). The molecular formula is C11H17NS. The number of aromatic nitrogens is 1. The van der Waals surface area contributed by atoms with Gasteiger partial charge in [0.15, 0.2) is 0 Å². The molecule has 0 amide bonds. The number of hydrogen-bond donors (Lipinski definition) is 0. The zero-order chi connectivity index (χ0) is 9.26. The molecule has 0 spiro atoms. The molecular weight excluding hydrogens is 178 g/mol. The summed E-state index contributed by atoms with van der Waals surface area (Å²) in [7, 11) is 0. The minimum atomic E-state index is 0.652. The van der Waals surface area contributed by atoms with Crippen LogP contribution in [0.25, 0.3) is 0 Å². The standard InChI is InChI=1S/C11H17NS/c1-3-8(2)11-12-10(7-13-11)9-5-4-6-9/h7-9H,3-6H2,1-2H3. The van der Waals surface area contributed by atoms with Crippen LogP contribution in [0, 0.1) is 0 Å². The highest BCUT2D eigenvalue weighted by molar-refractivity contribution is 7.09. The quantitative estimate of drug-likeness (QED) is 0.712. The molecule has 0 N–H and O–H groups in total. The highest BCUT2D eigenvalue weighted by Gasteiger charge is 2.22. The van der Waals surface area contributed by atoms with Crippen molar-refractivity contribution < 1.29 is 0 Å². The lowest BCUT2D eigenvalue weighted by Gasteiger charge is -2.23. The molecule has 1 aromatic heterocycles. The van der Waals surface area contributed by atoms with Crippen molar-refractivity contribution in [3.63, 3.8) is 0 Å². The second-order valence-electron chi connectivity index (χ2n) is 4.05. The Morgan fingerprint density at radius 1 is 1.62 bits per heavy atom. The molecule has 0 radical (unpaired) electrons. The first kappa shape index (κ1) is 9.20. The number of nitrogens with zero attached hydrogens (tertiary/aromatic N) is 1. The molecule has 1 unspecified atom stereocenters. The van der Waals surface area contributed by atoms with Crippen molar-refractivity contribution in [3.05, 3.63) is 16.1 Å². The smallest absolute Gasteiger partial charge is 0.0956 e. The van der Waals surface area contributed by atoms with Crippen molar-refractivity contribution >= 4 is 11.3 Å². The number of thiazole rings is 1. The molecule has 0 bridgehead atoms. The van der Waals surface area contributed by atoms with E-state index < -0.39 is 0 Å². The maximum atomic E-state index is 4.72. The summed E-state index contributed by atoms with van der Waals surface area (Å²) in [6.45, 7) is 4.50. The summed E-state index contributed by atoms with van der Waals surface area (Å²) >= 11 is 1.85. The summed E-state index contributed by atoms with van der Waals surface area (Å²) in [6.07, 6.45) is 5.34. The van der Waals surface area contributed by atoms with Crippen molar-refractivity contribution in [1.29, 1.82) is 0 Å². The van der Waals surface area contributed by atoms with Crippen LogP contribution in [0.1, 0.15) is 62.1 Å². The van der Waals surface area contributed by atoms with Crippen molar-refractivity contribution in [3.8, 4) is 0 Å². The van der Waals surface area contributed by atoms with Crippen LogP contribution in [-0.4, -0.2) is 4.98 Å². The average molecular weight is 195 g/mol.